The van der Waals surface area contributed by atoms with E-state index in [-0.39, 0.29) is 24.9 Å². The maximum absolute atomic E-state index is 12.4. The van der Waals surface area contributed by atoms with Gasteiger partial charge in [0.15, 0.2) is 6.61 Å². The lowest BCUT2D eigenvalue weighted by molar-refractivity contribution is -0.142. The van der Waals surface area contributed by atoms with E-state index in [0.717, 1.165) is 19.3 Å². The van der Waals surface area contributed by atoms with Crippen molar-refractivity contribution in [3.8, 4) is 5.75 Å². The fourth-order valence-corrected chi connectivity index (χ4v) is 2.53. The Kier molecular flexibility index (Phi) is 7.32. The van der Waals surface area contributed by atoms with Gasteiger partial charge in [0.2, 0.25) is 5.91 Å². The van der Waals surface area contributed by atoms with Crippen LogP contribution in [0.1, 0.15) is 32.1 Å². The third kappa shape index (κ3) is 5.41. The van der Waals surface area contributed by atoms with Gasteiger partial charge in [0.25, 0.3) is 0 Å². The molecule has 7 heteroatoms. The van der Waals surface area contributed by atoms with Gasteiger partial charge in [-0.3, -0.25) is 4.79 Å². The van der Waals surface area contributed by atoms with Crippen LogP contribution in [0, 0.1) is 0 Å². The summed E-state index contributed by atoms with van der Waals surface area (Å²) in [5.41, 5.74) is 6.01. The van der Waals surface area contributed by atoms with Gasteiger partial charge in [-0.2, -0.15) is 0 Å². The Morgan fingerprint density at radius 1 is 1.26 bits per heavy atom. The number of nitrogens with one attached hydrogen (secondary N) is 1. The van der Waals surface area contributed by atoms with E-state index in [0.29, 0.717) is 24.3 Å². The molecule has 6 nitrogen and oxygen atoms in total. The van der Waals surface area contributed by atoms with E-state index >= 15 is 0 Å². The highest BCUT2D eigenvalue weighted by atomic mass is 35.5. The second-order valence-corrected chi connectivity index (χ2v) is 5.56. The molecular weight excluding hydrogens is 320 g/mol. The van der Waals surface area contributed by atoms with Crippen LogP contribution >= 0.6 is 12.4 Å². The topological polar surface area (TPSA) is 90.6 Å². The van der Waals surface area contributed by atoms with Gasteiger partial charge in [-0.25, -0.2) is 4.79 Å². The van der Waals surface area contributed by atoms with Crippen LogP contribution in [0.5, 0.6) is 5.75 Å². The van der Waals surface area contributed by atoms with E-state index in [1.807, 2.05) is 0 Å². The maximum atomic E-state index is 12.4. The van der Waals surface area contributed by atoms with E-state index in [4.69, 9.17) is 10.5 Å². The molecule has 128 valence electrons. The standard InChI is InChI=1S/C16H22N2O4.ClH/c1-21-14(19)11-22-13-7-5-6-12(10-13)18-15(20)16(17)8-3-2-4-9-16;/h5-7,10H,2-4,8-9,11,17H2,1H3,(H,18,20);1H. The number of amides is 1. The molecule has 23 heavy (non-hydrogen) atoms. The van der Waals surface area contributed by atoms with Crippen molar-refractivity contribution in [2.75, 3.05) is 19.0 Å². The van der Waals surface area contributed by atoms with E-state index in [2.05, 4.69) is 10.1 Å². The minimum atomic E-state index is -0.791. The summed E-state index contributed by atoms with van der Waals surface area (Å²) in [6.45, 7) is -0.172. The highest BCUT2D eigenvalue weighted by Crippen LogP contribution is 2.27. The first kappa shape index (κ1) is 19.3. The molecule has 0 heterocycles. The van der Waals surface area contributed by atoms with Crippen molar-refractivity contribution < 1.29 is 19.1 Å². The lowest BCUT2D eigenvalue weighted by Crippen LogP contribution is -2.52. The summed E-state index contributed by atoms with van der Waals surface area (Å²) in [6, 6.07) is 6.87. The fraction of sp³-hybridized carbons (Fsp3) is 0.500. The first-order chi connectivity index (χ1) is 10.5. The summed E-state index contributed by atoms with van der Waals surface area (Å²) in [5, 5.41) is 2.83. The Labute approximate surface area is 142 Å². The Morgan fingerprint density at radius 2 is 1.96 bits per heavy atom. The normalized spacial score (nSPS) is 15.9. The molecule has 1 aromatic rings. The predicted molar refractivity (Wildman–Crippen MR) is 89.8 cm³/mol. The van der Waals surface area contributed by atoms with Crippen LogP contribution in [0.15, 0.2) is 24.3 Å². The second kappa shape index (κ2) is 8.74. The number of ether oxygens (including phenoxy) is 2. The van der Waals surface area contributed by atoms with Crippen LogP contribution < -0.4 is 15.8 Å². The van der Waals surface area contributed by atoms with Gasteiger partial charge >= 0.3 is 5.97 Å². The predicted octanol–water partition coefficient (Wildman–Crippen LogP) is 2.26. The summed E-state index contributed by atoms with van der Waals surface area (Å²) in [7, 11) is 1.30. The Morgan fingerprint density at radius 3 is 2.61 bits per heavy atom. The monoisotopic (exact) mass is 342 g/mol. The number of carbonyl (C=O) groups excluding carboxylic acids is 2. The molecule has 0 unspecified atom stereocenters. The number of rotatable bonds is 5. The van der Waals surface area contributed by atoms with Crippen LogP contribution in [-0.4, -0.2) is 31.1 Å². The molecule has 0 spiro atoms. The third-order valence-electron chi connectivity index (χ3n) is 3.87. The number of carbonyl (C=O) groups is 2. The van der Waals surface area contributed by atoms with Gasteiger partial charge in [0, 0.05) is 11.8 Å². The second-order valence-electron chi connectivity index (χ2n) is 5.56. The minimum absolute atomic E-state index is 0. The number of halogens is 1. The zero-order valence-electron chi connectivity index (χ0n) is 13.2. The highest BCUT2D eigenvalue weighted by molar-refractivity contribution is 5.98. The molecular formula is C16H23ClN2O4. The summed E-state index contributed by atoms with van der Waals surface area (Å²) in [5.74, 6) is -0.146. The Hall–Kier alpha value is -1.79. The summed E-state index contributed by atoms with van der Waals surface area (Å²) >= 11 is 0. The van der Waals surface area contributed by atoms with Gasteiger partial charge in [-0.1, -0.05) is 25.3 Å². The molecule has 1 aromatic carbocycles. The molecule has 0 atom stereocenters. The van der Waals surface area contributed by atoms with Crippen LogP contribution in [-0.2, 0) is 14.3 Å². The van der Waals surface area contributed by atoms with Crippen molar-refractivity contribution in [2.45, 2.75) is 37.6 Å². The zero-order valence-corrected chi connectivity index (χ0v) is 14.0. The van der Waals surface area contributed by atoms with E-state index in [1.54, 1.807) is 24.3 Å². The van der Waals surface area contributed by atoms with E-state index < -0.39 is 11.5 Å². The van der Waals surface area contributed by atoms with Crippen molar-refractivity contribution in [1.82, 2.24) is 0 Å². The zero-order chi connectivity index (χ0) is 16.0. The van der Waals surface area contributed by atoms with Gasteiger partial charge < -0.3 is 20.5 Å². The quantitative estimate of drug-likeness (QED) is 0.801. The summed E-state index contributed by atoms with van der Waals surface area (Å²) < 4.78 is 9.80. The molecule has 0 bridgehead atoms. The molecule has 1 fully saturated rings. The van der Waals surface area contributed by atoms with Crippen molar-refractivity contribution in [1.29, 1.82) is 0 Å². The van der Waals surface area contributed by atoms with Gasteiger partial charge in [0.05, 0.1) is 12.6 Å². The molecule has 1 saturated carbocycles. The molecule has 0 radical (unpaired) electrons. The average molecular weight is 343 g/mol. The number of hydrogen-bond donors (Lipinski definition) is 2. The molecule has 1 amide bonds. The minimum Gasteiger partial charge on any atom is -0.482 e. The number of nitrogens with two attached hydrogens (primary N) is 1. The fourth-order valence-electron chi connectivity index (χ4n) is 2.53. The lowest BCUT2D eigenvalue weighted by Gasteiger charge is -2.31. The van der Waals surface area contributed by atoms with Crippen molar-refractivity contribution in [3.05, 3.63) is 24.3 Å². The molecule has 0 aromatic heterocycles. The largest absolute Gasteiger partial charge is 0.482 e. The van der Waals surface area contributed by atoms with Crippen molar-refractivity contribution >= 4 is 30.0 Å². The highest BCUT2D eigenvalue weighted by Gasteiger charge is 2.35. The van der Waals surface area contributed by atoms with Crippen LogP contribution in [0.3, 0.4) is 0 Å². The van der Waals surface area contributed by atoms with Crippen LogP contribution in [0.4, 0.5) is 5.69 Å². The van der Waals surface area contributed by atoms with Gasteiger partial charge in [-0.15, -0.1) is 12.4 Å². The number of benzene rings is 1. The lowest BCUT2D eigenvalue weighted by atomic mass is 9.82. The molecule has 0 aliphatic heterocycles. The van der Waals surface area contributed by atoms with Gasteiger partial charge in [0.1, 0.15) is 5.75 Å². The molecule has 1 aliphatic rings. The van der Waals surface area contributed by atoms with Crippen LogP contribution in [0.25, 0.3) is 0 Å². The number of hydrogen-bond acceptors (Lipinski definition) is 5. The average Bonchev–Trinajstić information content (AvgIpc) is 2.53. The smallest absolute Gasteiger partial charge is 0.343 e. The van der Waals surface area contributed by atoms with Gasteiger partial charge in [-0.05, 0) is 25.0 Å². The Bertz CT molecular complexity index is 545. The molecule has 0 saturated heterocycles. The number of anilines is 1. The third-order valence-corrected chi connectivity index (χ3v) is 3.87. The molecule has 3 N–H and O–H groups in total. The van der Waals surface area contributed by atoms with Crippen molar-refractivity contribution in [3.63, 3.8) is 0 Å². The maximum Gasteiger partial charge on any atom is 0.343 e. The summed E-state index contributed by atoms with van der Waals surface area (Å²) in [6.07, 6.45) is 4.50. The first-order valence-corrected chi connectivity index (χ1v) is 7.43. The van der Waals surface area contributed by atoms with Crippen molar-refractivity contribution in [2.24, 2.45) is 5.73 Å². The SMILES string of the molecule is COC(=O)COc1cccc(NC(=O)C2(N)CCCCC2)c1.Cl. The summed E-state index contributed by atoms with van der Waals surface area (Å²) in [4.78, 5) is 23.4. The van der Waals surface area contributed by atoms with E-state index in [1.165, 1.54) is 7.11 Å². The number of methoxy groups -OCH3 is 1. The number of esters is 1. The molecule has 2 rings (SSSR count). The Balaban J connectivity index is 0.00000264. The first-order valence-electron chi connectivity index (χ1n) is 7.43. The van der Waals surface area contributed by atoms with Crippen LogP contribution in [0.2, 0.25) is 0 Å². The molecule has 1 aliphatic carbocycles. The van der Waals surface area contributed by atoms with E-state index in [9.17, 15) is 9.59 Å².